The highest BCUT2D eigenvalue weighted by molar-refractivity contribution is 6.32. The lowest BCUT2D eigenvalue weighted by molar-refractivity contribution is 0.814. The predicted octanol–water partition coefficient (Wildman–Crippen LogP) is 2.02. The molecule has 0 aliphatic carbocycles. The summed E-state index contributed by atoms with van der Waals surface area (Å²) >= 11 is 17.0. The van der Waals surface area contributed by atoms with Gasteiger partial charge in [0.1, 0.15) is 0 Å². The summed E-state index contributed by atoms with van der Waals surface area (Å²) in [6.07, 6.45) is 2.99. The zero-order chi connectivity index (χ0) is 10.1. The van der Waals surface area contributed by atoms with E-state index in [1.165, 1.54) is 17.1 Å². The molecule has 0 amide bonds. The number of rotatable bonds is 1. The maximum absolute atomic E-state index is 5.74. The summed E-state index contributed by atoms with van der Waals surface area (Å²) in [7, 11) is 0. The van der Waals surface area contributed by atoms with E-state index in [0.29, 0.717) is 10.8 Å². The summed E-state index contributed by atoms with van der Waals surface area (Å²) in [5.41, 5.74) is 0. The van der Waals surface area contributed by atoms with Crippen molar-refractivity contribution >= 4 is 34.8 Å². The van der Waals surface area contributed by atoms with Crippen LogP contribution in [0.4, 0.5) is 0 Å². The highest BCUT2D eigenvalue weighted by Gasteiger charge is 2.09. The average Bonchev–Trinajstić information content (AvgIpc) is 2.56. The minimum atomic E-state index is -0.00368. The maximum atomic E-state index is 5.74. The summed E-state index contributed by atoms with van der Waals surface area (Å²) in [4.78, 5) is 3.86. The van der Waals surface area contributed by atoms with Crippen molar-refractivity contribution in [2.24, 2.45) is 0 Å². The molecule has 72 valence electrons. The second-order valence-corrected chi connectivity index (χ2v) is 3.43. The highest BCUT2D eigenvalue weighted by atomic mass is 35.5. The van der Waals surface area contributed by atoms with Gasteiger partial charge in [0.15, 0.2) is 11.0 Å². The fourth-order valence-electron chi connectivity index (χ4n) is 0.848. The summed E-state index contributed by atoms with van der Waals surface area (Å²) in [6, 6.07) is 0. The van der Waals surface area contributed by atoms with Gasteiger partial charge in [0, 0.05) is 0 Å². The van der Waals surface area contributed by atoms with Gasteiger partial charge in [0.2, 0.25) is 5.28 Å². The van der Waals surface area contributed by atoms with Crippen LogP contribution in [0.5, 0.6) is 0 Å². The molecule has 14 heavy (non-hydrogen) atoms. The SMILES string of the molecule is Clc1cnn(-c2nc(Cl)nnc2Cl)c1. The van der Waals surface area contributed by atoms with E-state index >= 15 is 0 Å². The first-order valence-corrected chi connectivity index (χ1v) is 4.56. The van der Waals surface area contributed by atoms with E-state index in [2.05, 4.69) is 20.3 Å². The molecule has 2 aromatic rings. The van der Waals surface area contributed by atoms with Crippen molar-refractivity contribution in [1.29, 1.82) is 0 Å². The van der Waals surface area contributed by atoms with Gasteiger partial charge in [0.25, 0.3) is 0 Å². The van der Waals surface area contributed by atoms with Crippen molar-refractivity contribution in [3.63, 3.8) is 0 Å². The average molecular weight is 250 g/mol. The van der Waals surface area contributed by atoms with Crippen molar-refractivity contribution in [2.75, 3.05) is 0 Å². The van der Waals surface area contributed by atoms with Crippen molar-refractivity contribution in [3.8, 4) is 5.82 Å². The molecule has 2 heterocycles. The Morgan fingerprint density at radius 2 is 1.93 bits per heavy atom. The normalized spacial score (nSPS) is 10.5. The Morgan fingerprint density at radius 1 is 1.14 bits per heavy atom. The third-order valence-electron chi connectivity index (χ3n) is 1.37. The number of hydrogen-bond donors (Lipinski definition) is 0. The number of aromatic nitrogens is 5. The molecular weight excluding hydrogens is 248 g/mol. The van der Waals surface area contributed by atoms with Crippen LogP contribution in [0.3, 0.4) is 0 Å². The summed E-state index contributed by atoms with van der Waals surface area (Å²) in [5, 5.41) is 11.5. The molecule has 2 rings (SSSR count). The summed E-state index contributed by atoms with van der Waals surface area (Å²) < 4.78 is 1.37. The standard InChI is InChI=1S/C6H2Cl3N5/c7-3-1-10-14(2-3)5-4(8)12-13-6(9)11-5/h1-2H. The Hall–Kier alpha value is -0.910. The predicted molar refractivity (Wildman–Crippen MR) is 52.0 cm³/mol. The number of nitrogens with zero attached hydrogens (tertiary/aromatic N) is 5. The lowest BCUT2D eigenvalue weighted by Gasteiger charge is -2.00. The molecule has 0 saturated carbocycles. The van der Waals surface area contributed by atoms with Gasteiger partial charge in [-0.3, -0.25) is 0 Å². The minimum Gasteiger partial charge on any atom is -0.218 e. The molecule has 8 heteroatoms. The third-order valence-corrected chi connectivity index (χ3v) is 1.97. The van der Waals surface area contributed by atoms with Gasteiger partial charge in [-0.15, -0.1) is 10.2 Å². The third kappa shape index (κ3) is 1.79. The van der Waals surface area contributed by atoms with Crippen LogP contribution in [0.2, 0.25) is 15.5 Å². The molecule has 0 aromatic carbocycles. The van der Waals surface area contributed by atoms with Crippen LogP contribution in [-0.4, -0.2) is 25.0 Å². The Labute approximate surface area is 93.6 Å². The molecule has 0 N–H and O–H groups in total. The Bertz CT molecular complexity index is 468. The van der Waals surface area contributed by atoms with Gasteiger partial charge in [-0.25, -0.2) is 4.68 Å². The topological polar surface area (TPSA) is 56.5 Å². The second-order valence-electron chi connectivity index (χ2n) is 2.30. The molecule has 2 aromatic heterocycles. The van der Waals surface area contributed by atoms with Crippen molar-refractivity contribution < 1.29 is 0 Å². The first-order chi connectivity index (χ1) is 6.66. The lowest BCUT2D eigenvalue weighted by atomic mass is 10.7. The van der Waals surface area contributed by atoms with Crippen molar-refractivity contribution in [3.05, 3.63) is 27.9 Å². The first kappa shape index (κ1) is 9.64. The van der Waals surface area contributed by atoms with Gasteiger partial charge in [-0.1, -0.05) is 23.2 Å². The van der Waals surface area contributed by atoms with E-state index in [0.717, 1.165) is 0 Å². The fourth-order valence-corrected chi connectivity index (χ4v) is 1.27. The largest absolute Gasteiger partial charge is 0.245 e. The van der Waals surface area contributed by atoms with Crippen LogP contribution in [0.15, 0.2) is 12.4 Å². The Kier molecular flexibility index (Phi) is 2.54. The van der Waals surface area contributed by atoms with Gasteiger partial charge < -0.3 is 0 Å². The van der Waals surface area contributed by atoms with Crippen LogP contribution < -0.4 is 0 Å². The first-order valence-electron chi connectivity index (χ1n) is 3.43. The molecule has 0 radical (unpaired) electrons. The van der Waals surface area contributed by atoms with Gasteiger partial charge in [0.05, 0.1) is 17.4 Å². The second kappa shape index (κ2) is 3.68. The van der Waals surface area contributed by atoms with Crippen LogP contribution in [0.1, 0.15) is 0 Å². The highest BCUT2D eigenvalue weighted by Crippen LogP contribution is 2.17. The smallest absolute Gasteiger partial charge is 0.218 e. The van der Waals surface area contributed by atoms with Crippen LogP contribution in [0.25, 0.3) is 5.82 Å². The molecule has 0 fully saturated rings. The van der Waals surface area contributed by atoms with E-state index in [1.807, 2.05) is 0 Å². The molecule has 0 unspecified atom stereocenters. The van der Waals surface area contributed by atoms with Crippen molar-refractivity contribution in [2.45, 2.75) is 0 Å². The van der Waals surface area contributed by atoms with E-state index in [4.69, 9.17) is 34.8 Å². The number of halogens is 3. The Morgan fingerprint density at radius 3 is 2.57 bits per heavy atom. The molecule has 5 nitrogen and oxygen atoms in total. The molecule has 0 atom stereocenters. The van der Waals surface area contributed by atoms with Gasteiger partial charge in [-0.2, -0.15) is 10.1 Å². The molecular formula is C6H2Cl3N5. The summed E-state index contributed by atoms with van der Waals surface area (Å²) in [6.45, 7) is 0. The molecule has 0 spiro atoms. The zero-order valence-electron chi connectivity index (χ0n) is 6.52. The van der Waals surface area contributed by atoms with E-state index < -0.39 is 0 Å². The Balaban J connectivity index is 2.55. The monoisotopic (exact) mass is 249 g/mol. The van der Waals surface area contributed by atoms with E-state index in [9.17, 15) is 0 Å². The van der Waals surface area contributed by atoms with Crippen LogP contribution in [-0.2, 0) is 0 Å². The molecule has 0 saturated heterocycles. The van der Waals surface area contributed by atoms with Gasteiger partial charge >= 0.3 is 0 Å². The quantitative estimate of drug-likeness (QED) is 0.777. The number of hydrogen-bond acceptors (Lipinski definition) is 4. The van der Waals surface area contributed by atoms with Crippen molar-refractivity contribution in [1.82, 2.24) is 25.0 Å². The molecule has 0 aliphatic rings. The maximum Gasteiger partial charge on any atom is 0.245 e. The van der Waals surface area contributed by atoms with Crippen LogP contribution in [0, 0.1) is 0 Å². The lowest BCUT2D eigenvalue weighted by Crippen LogP contribution is -2.02. The zero-order valence-corrected chi connectivity index (χ0v) is 8.79. The minimum absolute atomic E-state index is 0.00368. The molecule has 0 bridgehead atoms. The summed E-state index contributed by atoms with van der Waals surface area (Å²) in [5.74, 6) is 0.290. The van der Waals surface area contributed by atoms with Gasteiger partial charge in [-0.05, 0) is 11.6 Å². The van der Waals surface area contributed by atoms with E-state index in [-0.39, 0.29) is 10.4 Å². The molecule has 0 aliphatic heterocycles. The van der Waals surface area contributed by atoms with Crippen LogP contribution >= 0.6 is 34.8 Å². The van der Waals surface area contributed by atoms with E-state index in [1.54, 1.807) is 0 Å². The fraction of sp³-hybridized carbons (Fsp3) is 0.